The minimum atomic E-state index is 0.548. The number of para-hydroxylation sites is 1. The van der Waals surface area contributed by atoms with E-state index in [2.05, 4.69) is 10.1 Å². The van der Waals surface area contributed by atoms with E-state index in [1.807, 2.05) is 24.3 Å². The summed E-state index contributed by atoms with van der Waals surface area (Å²) in [6, 6.07) is 7.50. The zero-order valence-electron chi connectivity index (χ0n) is 8.10. The molecular formula is C10H11ClN4. The molecule has 15 heavy (non-hydrogen) atoms. The molecule has 1 heterocycles. The number of rotatable bonds is 3. The average molecular weight is 223 g/mol. The van der Waals surface area contributed by atoms with Crippen LogP contribution in [0.5, 0.6) is 0 Å². The number of hydrogen-bond acceptors (Lipinski definition) is 3. The highest BCUT2D eigenvalue weighted by atomic mass is 35.5. The molecule has 0 unspecified atom stereocenters. The van der Waals surface area contributed by atoms with Gasteiger partial charge in [0.15, 0.2) is 5.82 Å². The van der Waals surface area contributed by atoms with E-state index in [4.69, 9.17) is 17.3 Å². The predicted octanol–water partition coefficient (Wildman–Crippen LogP) is 1.42. The smallest absolute Gasteiger partial charge is 0.152 e. The zero-order valence-corrected chi connectivity index (χ0v) is 8.85. The van der Waals surface area contributed by atoms with E-state index < -0.39 is 0 Å². The molecule has 5 heteroatoms. The van der Waals surface area contributed by atoms with Gasteiger partial charge in [0, 0.05) is 6.42 Å². The summed E-state index contributed by atoms with van der Waals surface area (Å²) in [7, 11) is 0. The van der Waals surface area contributed by atoms with Crippen molar-refractivity contribution in [3.63, 3.8) is 0 Å². The van der Waals surface area contributed by atoms with E-state index in [1.165, 1.54) is 0 Å². The molecule has 4 nitrogen and oxygen atoms in total. The Kier molecular flexibility index (Phi) is 2.99. The Morgan fingerprint density at radius 3 is 2.87 bits per heavy atom. The highest BCUT2D eigenvalue weighted by Crippen LogP contribution is 2.18. The number of halogens is 1. The Balaban J connectivity index is 2.33. The lowest BCUT2D eigenvalue weighted by molar-refractivity contribution is 0.817. The fraction of sp³-hybridized carbons (Fsp3) is 0.200. The molecule has 0 radical (unpaired) electrons. The van der Waals surface area contributed by atoms with Gasteiger partial charge in [-0.15, -0.1) is 0 Å². The average Bonchev–Trinajstić information content (AvgIpc) is 2.68. The zero-order chi connectivity index (χ0) is 10.7. The Labute approximate surface area is 92.7 Å². The molecule has 0 spiro atoms. The second-order valence-electron chi connectivity index (χ2n) is 3.10. The van der Waals surface area contributed by atoms with Gasteiger partial charge in [-0.1, -0.05) is 23.7 Å². The van der Waals surface area contributed by atoms with Gasteiger partial charge < -0.3 is 5.73 Å². The second kappa shape index (κ2) is 4.42. The van der Waals surface area contributed by atoms with Crippen molar-refractivity contribution in [2.75, 3.05) is 6.54 Å². The van der Waals surface area contributed by atoms with Crippen molar-refractivity contribution in [2.24, 2.45) is 5.73 Å². The predicted molar refractivity (Wildman–Crippen MR) is 59.1 cm³/mol. The highest BCUT2D eigenvalue weighted by Gasteiger charge is 2.04. The fourth-order valence-corrected chi connectivity index (χ4v) is 1.52. The normalized spacial score (nSPS) is 10.5. The van der Waals surface area contributed by atoms with Crippen LogP contribution in [0, 0.1) is 0 Å². The van der Waals surface area contributed by atoms with E-state index in [0.717, 1.165) is 11.5 Å². The third-order valence-corrected chi connectivity index (χ3v) is 2.33. The van der Waals surface area contributed by atoms with Gasteiger partial charge in [-0.25, -0.2) is 9.67 Å². The molecule has 2 aromatic rings. The van der Waals surface area contributed by atoms with Crippen molar-refractivity contribution in [1.82, 2.24) is 14.8 Å². The van der Waals surface area contributed by atoms with E-state index in [1.54, 1.807) is 11.0 Å². The summed E-state index contributed by atoms with van der Waals surface area (Å²) in [6.45, 7) is 0.548. The topological polar surface area (TPSA) is 56.7 Å². The van der Waals surface area contributed by atoms with Crippen LogP contribution in [0.25, 0.3) is 5.69 Å². The molecule has 0 amide bonds. The van der Waals surface area contributed by atoms with Crippen molar-refractivity contribution < 1.29 is 0 Å². The Morgan fingerprint density at radius 1 is 1.33 bits per heavy atom. The molecule has 1 aromatic carbocycles. The van der Waals surface area contributed by atoms with Crippen LogP contribution in [0.2, 0.25) is 5.02 Å². The molecule has 0 fully saturated rings. The van der Waals surface area contributed by atoms with Crippen LogP contribution >= 0.6 is 11.6 Å². The summed E-state index contributed by atoms with van der Waals surface area (Å²) in [5.74, 6) is 0.734. The molecule has 0 aliphatic heterocycles. The van der Waals surface area contributed by atoms with Crippen LogP contribution < -0.4 is 5.73 Å². The van der Waals surface area contributed by atoms with Gasteiger partial charge in [0.1, 0.15) is 6.33 Å². The van der Waals surface area contributed by atoms with Gasteiger partial charge in [0.25, 0.3) is 0 Å². The summed E-state index contributed by atoms with van der Waals surface area (Å²) in [6.07, 6.45) is 2.32. The first-order valence-electron chi connectivity index (χ1n) is 4.67. The fourth-order valence-electron chi connectivity index (χ4n) is 1.29. The Morgan fingerprint density at radius 2 is 2.13 bits per heavy atom. The Bertz CT molecular complexity index is 452. The molecule has 0 bridgehead atoms. The highest BCUT2D eigenvalue weighted by molar-refractivity contribution is 6.32. The van der Waals surface area contributed by atoms with E-state index >= 15 is 0 Å². The quantitative estimate of drug-likeness (QED) is 0.855. The lowest BCUT2D eigenvalue weighted by atomic mass is 10.3. The summed E-state index contributed by atoms with van der Waals surface area (Å²) in [5, 5.41) is 4.93. The number of nitrogens with two attached hydrogens (primary N) is 1. The monoisotopic (exact) mass is 222 g/mol. The first kappa shape index (κ1) is 10.1. The minimum absolute atomic E-state index is 0.548. The number of aromatic nitrogens is 3. The molecule has 0 aliphatic carbocycles. The summed E-state index contributed by atoms with van der Waals surface area (Å²) < 4.78 is 1.66. The maximum Gasteiger partial charge on any atom is 0.152 e. The standard InChI is InChI=1S/C10H11ClN4/c11-8-3-1-2-4-9(8)15-7-13-10(14-15)5-6-12/h1-4,7H,5-6,12H2. The van der Waals surface area contributed by atoms with Crippen molar-refractivity contribution >= 4 is 11.6 Å². The molecule has 0 aliphatic rings. The lowest BCUT2D eigenvalue weighted by Gasteiger charge is -2.01. The van der Waals surface area contributed by atoms with Gasteiger partial charge in [-0.2, -0.15) is 5.10 Å². The maximum absolute atomic E-state index is 6.03. The van der Waals surface area contributed by atoms with Crippen LogP contribution in [0.4, 0.5) is 0 Å². The van der Waals surface area contributed by atoms with E-state index in [-0.39, 0.29) is 0 Å². The molecule has 0 saturated carbocycles. The van der Waals surface area contributed by atoms with Crippen LogP contribution in [0.3, 0.4) is 0 Å². The number of hydrogen-bond donors (Lipinski definition) is 1. The lowest BCUT2D eigenvalue weighted by Crippen LogP contribution is -2.05. The van der Waals surface area contributed by atoms with Gasteiger partial charge >= 0.3 is 0 Å². The summed E-state index contributed by atoms with van der Waals surface area (Å²) in [5.41, 5.74) is 6.25. The van der Waals surface area contributed by atoms with Crippen molar-refractivity contribution in [3.8, 4) is 5.69 Å². The SMILES string of the molecule is NCCc1ncn(-c2ccccc2Cl)n1. The number of nitrogens with zero attached hydrogens (tertiary/aromatic N) is 3. The third kappa shape index (κ3) is 2.16. The van der Waals surface area contributed by atoms with Crippen LogP contribution in [0.15, 0.2) is 30.6 Å². The van der Waals surface area contributed by atoms with Gasteiger partial charge in [-0.3, -0.25) is 0 Å². The maximum atomic E-state index is 6.03. The van der Waals surface area contributed by atoms with Gasteiger partial charge in [0.2, 0.25) is 0 Å². The first-order chi connectivity index (χ1) is 7.31. The van der Waals surface area contributed by atoms with E-state index in [0.29, 0.717) is 18.0 Å². The Hall–Kier alpha value is -1.39. The van der Waals surface area contributed by atoms with Gasteiger partial charge in [0.05, 0.1) is 10.7 Å². The molecule has 0 atom stereocenters. The number of benzene rings is 1. The van der Waals surface area contributed by atoms with Crippen molar-refractivity contribution in [3.05, 3.63) is 41.4 Å². The van der Waals surface area contributed by atoms with Crippen molar-refractivity contribution in [2.45, 2.75) is 6.42 Å². The largest absolute Gasteiger partial charge is 0.330 e. The molecule has 0 saturated heterocycles. The first-order valence-corrected chi connectivity index (χ1v) is 5.04. The molecular weight excluding hydrogens is 212 g/mol. The molecule has 1 aromatic heterocycles. The molecule has 2 rings (SSSR count). The summed E-state index contributed by atoms with van der Waals surface area (Å²) in [4.78, 5) is 4.14. The van der Waals surface area contributed by atoms with Crippen LogP contribution in [0.1, 0.15) is 5.82 Å². The van der Waals surface area contributed by atoms with Crippen LogP contribution in [-0.4, -0.2) is 21.3 Å². The second-order valence-corrected chi connectivity index (χ2v) is 3.50. The third-order valence-electron chi connectivity index (χ3n) is 2.01. The van der Waals surface area contributed by atoms with E-state index in [9.17, 15) is 0 Å². The van der Waals surface area contributed by atoms with Gasteiger partial charge in [-0.05, 0) is 18.7 Å². The molecule has 2 N–H and O–H groups in total. The van der Waals surface area contributed by atoms with Crippen LogP contribution in [-0.2, 0) is 6.42 Å². The van der Waals surface area contributed by atoms with Crippen molar-refractivity contribution in [1.29, 1.82) is 0 Å². The molecule has 78 valence electrons. The summed E-state index contributed by atoms with van der Waals surface area (Å²) >= 11 is 6.03. The minimum Gasteiger partial charge on any atom is -0.330 e.